The maximum absolute atomic E-state index is 10.7. The molecule has 1 aliphatic carbocycles. The normalized spacial score (nSPS) is 18.8. The zero-order chi connectivity index (χ0) is 11.5. The van der Waals surface area contributed by atoms with Crippen molar-refractivity contribution in [1.82, 2.24) is 0 Å². The summed E-state index contributed by atoms with van der Waals surface area (Å²) in [6, 6.07) is 5.94. The molecule has 0 bridgehead atoms. The third-order valence-electron chi connectivity index (χ3n) is 2.73. The molecular weight excluding hydrogens is 206 g/mol. The smallest absolute Gasteiger partial charge is 0.327 e. The van der Waals surface area contributed by atoms with E-state index in [-0.39, 0.29) is 6.04 Å². The molecule has 16 heavy (non-hydrogen) atoms. The molecule has 0 saturated carbocycles. The molecule has 1 aromatic carbocycles. The molecule has 4 heteroatoms. The van der Waals surface area contributed by atoms with Gasteiger partial charge in [-0.1, -0.05) is 12.1 Å². The van der Waals surface area contributed by atoms with Crippen molar-refractivity contribution >= 4 is 5.97 Å². The second-order valence-electron chi connectivity index (χ2n) is 4.05. The number of carbonyl (C=O) groups excluding carboxylic acids is 1. The lowest BCUT2D eigenvalue weighted by Crippen LogP contribution is -2.28. The van der Waals surface area contributed by atoms with Gasteiger partial charge in [-0.25, -0.2) is 4.79 Å². The van der Waals surface area contributed by atoms with Crippen LogP contribution in [0.15, 0.2) is 18.2 Å². The number of fused-ring (bicyclic) bond motifs is 1. The molecule has 1 aromatic rings. The Bertz CT molecular complexity index is 403. The predicted octanol–water partition coefficient (Wildman–Crippen LogP) is 1.36. The molecule has 1 unspecified atom stereocenters. The molecule has 1 aliphatic rings. The first-order chi connectivity index (χ1) is 7.66. The van der Waals surface area contributed by atoms with Crippen molar-refractivity contribution in [3.63, 3.8) is 0 Å². The monoisotopic (exact) mass is 221 g/mol. The van der Waals surface area contributed by atoms with E-state index in [1.807, 2.05) is 12.1 Å². The summed E-state index contributed by atoms with van der Waals surface area (Å²) in [5.74, 6) is 0.171. The van der Waals surface area contributed by atoms with E-state index in [0.717, 1.165) is 24.8 Å². The van der Waals surface area contributed by atoms with E-state index in [1.54, 1.807) is 6.07 Å². The van der Waals surface area contributed by atoms with Gasteiger partial charge in [-0.05, 0) is 30.9 Å². The van der Waals surface area contributed by atoms with E-state index < -0.39 is 5.97 Å². The summed E-state index contributed by atoms with van der Waals surface area (Å²) in [5.41, 5.74) is 8.18. The summed E-state index contributed by atoms with van der Waals surface area (Å²) in [6.45, 7) is 1.31. The third kappa shape index (κ3) is 2.33. The zero-order valence-electron chi connectivity index (χ0n) is 9.23. The van der Waals surface area contributed by atoms with Crippen LogP contribution >= 0.6 is 0 Å². The minimum Gasteiger partial charge on any atom is -0.327 e. The number of rotatable bonds is 2. The van der Waals surface area contributed by atoms with Crippen LogP contribution in [0.2, 0.25) is 0 Å². The highest BCUT2D eigenvalue weighted by Gasteiger charge is 2.19. The first-order valence-electron chi connectivity index (χ1n) is 5.38. The lowest BCUT2D eigenvalue weighted by Gasteiger charge is -2.22. The molecule has 0 spiro atoms. The van der Waals surface area contributed by atoms with Gasteiger partial charge in [0, 0.05) is 18.5 Å². The van der Waals surface area contributed by atoms with Crippen molar-refractivity contribution in [2.24, 2.45) is 5.73 Å². The average Bonchev–Trinajstić information content (AvgIpc) is 2.25. The molecule has 2 rings (SSSR count). The fourth-order valence-corrected chi connectivity index (χ4v) is 1.98. The van der Waals surface area contributed by atoms with Crippen LogP contribution in [0.25, 0.3) is 0 Å². The molecule has 0 saturated heterocycles. The van der Waals surface area contributed by atoms with Crippen LogP contribution in [0.1, 0.15) is 24.5 Å². The van der Waals surface area contributed by atoms with Crippen molar-refractivity contribution < 1.29 is 14.6 Å². The number of nitrogens with two attached hydrogens (primary N) is 1. The Labute approximate surface area is 94.3 Å². The first kappa shape index (κ1) is 11.0. The summed E-state index contributed by atoms with van der Waals surface area (Å²) in [6.07, 6.45) is 2.66. The fourth-order valence-electron chi connectivity index (χ4n) is 1.98. The van der Waals surface area contributed by atoms with Crippen molar-refractivity contribution in [3.05, 3.63) is 29.3 Å². The van der Waals surface area contributed by atoms with Crippen LogP contribution in [-0.2, 0) is 22.5 Å². The van der Waals surface area contributed by atoms with Gasteiger partial charge in [-0.2, -0.15) is 0 Å². The molecule has 0 amide bonds. The lowest BCUT2D eigenvalue weighted by molar-refractivity contribution is -0.211. The van der Waals surface area contributed by atoms with Crippen molar-refractivity contribution in [3.8, 4) is 5.75 Å². The van der Waals surface area contributed by atoms with Gasteiger partial charge in [0.1, 0.15) is 0 Å². The van der Waals surface area contributed by atoms with E-state index in [4.69, 9.17) is 10.6 Å². The topological polar surface area (TPSA) is 61.5 Å². The van der Waals surface area contributed by atoms with Crippen LogP contribution in [0.3, 0.4) is 0 Å². The molecular formula is C12H15NO3. The Morgan fingerprint density at radius 1 is 1.50 bits per heavy atom. The SMILES string of the molecule is CC(=O)OOc1cccc2c1CCC(N)C2. The van der Waals surface area contributed by atoms with Crippen LogP contribution in [0.5, 0.6) is 5.75 Å². The van der Waals surface area contributed by atoms with Gasteiger partial charge >= 0.3 is 5.97 Å². The van der Waals surface area contributed by atoms with E-state index >= 15 is 0 Å². The highest BCUT2D eigenvalue weighted by molar-refractivity contribution is 5.65. The standard InChI is InChI=1S/C12H15NO3/c1-8(14)15-16-12-4-2-3-9-7-10(13)5-6-11(9)12/h2-4,10H,5-7,13H2,1H3. The molecule has 0 aliphatic heterocycles. The summed E-state index contributed by atoms with van der Waals surface area (Å²) in [7, 11) is 0. The highest BCUT2D eigenvalue weighted by Crippen LogP contribution is 2.29. The van der Waals surface area contributed by atoms with Crippen molar-refractivity contribution in [2.45, 2.75) is 32.2 Å². The highest BCUT2D eigenvalue weighted by atomic mass is 17.2. The average molecular weight is 221 g/mol. The zero-order valence-corrected chi connectivity index (χ0v) is 9.23. The molecule has 0 aromatic heterocycles. The molecule has 0 fully saturated rings. The van der Waals surface area contributed by atoms with E-state index in [2.05, 4.69) is 4.89 Å². The Morgan fingerprint density at radius 2 is 2.31 bits per heavy atom. The van der Waals surface area contributed by atoms with E-state index in [1.165, 1.54) is 12.5 Å². The fraction of sp³-hybridized carbons (Fsp3) is 0.417. The van der Waals surface area contributed by atoms with E-state index in [9.17, 15) is 4.79 Å². The first-order valence-corrected chi connectivity index (χ1v) is 5.38. The summed E-state index contributed by atoms with van der Waals surface area (Å²) >= 11 is 0. The van der Waals surface area contributed by atoms with Gasteiger partial charge in [0.15, 0.2) is 5.75 Å². The molecule has 86 valence electrons. The van der Waals surface area contributed by atoms with Gasteiger partial charge < -0.3 is 5.73 Å². The van der Waals surface area contributed by atoms with Crippen LogP contribution in [0.4, 0.5) is 0 Å². The third-order valence-corrected chi connectivity index (χ3v) is 2.73. The van der Waals surface area contributed by atoms with Gasteiger partial charge in [0.25, 0.3) is 0 Å². The number of hydrogen-bond donors (Lipinski definition) is 1. The number of benzene rings is 1. The van der Waals surface area contributed by atoms with Gasteiger partial charge in [0.05, 0.1) is 0 Å². The summed E-state index contributed by atoms with van der Waals surface area (Å²) in [5, 5.41) is 0. The Hall–Kier alpha value is -1.55. The summed E-state index contributed by atoms with van der Waals surface area (Å²) in [4.78, 5) is 20.2. The Morgan fingerprint density at radius 3 is 3.06 bits per heavy atom. The van der Waals surface area contributed by atoms with Crippen molar-refractivity contribution in [1.29, 1.82) is 0 Å². The van der Waals surface area contributed by atoms with Crippen LogP contribution in [0, 0.1) is 0 Å². The minimum atomic E-state index is -0.454. The van der Waals surface area contributed by atoms with Crippen molar-refractivity contribution in [2.75, 3.05) is 0 Å². The quantitative estimate of drug-likeness (QED) is 0.605. The van der Waals surface area contributed by atoms with Crippen LogP contribution < -0.4 is 10.6 Å². The number of carbonyl (C=O) groups is 1. The molecule has 0 radical (unpaired) electrons. The van der Waals surface area contributed by atoms with Gasteiger partial charge in [0.2, 0.25) is 0 Å². The second-order valence-corrected chi connectivity index (χ2v) is 4.05. The minimum absolute atomic E-state index is 0.219. The Balaban J connectivity index is 2.20. The van der Waals surface area contributed by atoms with Gasteiger partial charge in [-0.15, -0.1) is 0 Å². The van der Waals surface area contributed by atoms with E-state index in [0.29, 0.717) is 5.75 Å². The Kier molecular flexibility index (Phi) is 3.10. The summed E-state index contributed by atoms with van der Waals surface area (Å²) < 4.78 is 0. The molecule has 0 heterocycles. The lowest BCUT2D eigenvalue weighted by atomic mass is 9.88. The second kappa shape index (κ2) is 4.53. The maximum atomic E-state index is 10.7. The van der Waals surface area contributed by atoms with Crippen LogP contribution in [-0.4, -0.2) is 12.0 Å². The molecule has 1 atom stereocenters. The maximum Gasteiger partial charge on any atom is 0.352 e. The largest absolute Gasteiger partial charge is 0.352 e. The van der Waals surface area contributed by atoms with Gasteiger partial charge in [-0.3, -0.25) is 9.78 Å². The molecule has 2 N–H and O–H groups in total. The predicted molar refractivity (Wildman–Crippen MR) is 58.8 cm³/mol. The molecule has 4 nitrogen and oxygen atoms in total. The number of hydrogen-bond acceptors (Lipinski definition) is 4.